The SMILES string of the molecule is CC(C)CCC[C@@H](C)[C@H]1CC[C@@]2(C)C3=CC[C@H]4[C@H](C)OC(=O)CC[C@]4(C)C3=CC[C@]12C. The Morgan fingerprint density at radius 2 is 1.81 bits per heavy atom. The predicted octanol–water partition coefficient (Wildman–Crippen LogP) is 7.88. The van der Waals surface area contributed by atoms with E-state index in [-0.39, 0.29) is 22.9 Å². The van der Waals surface area contributed by atoms with Gasteiger partial charge in [0.25, 0.3) is 0 Å². The molecule has 31 heavy (non-hydrogen) atoms. The van der Waals surface area contributed by atoms with Gasteiger partial charge in [0.15, 0.2) is 0 Å². The standard InChI is InChI=1S/C29H46O2/c1-19(2)9-8-10-20(3)22-13-17-29(7)25-12-11-23-21(4)31-26(30)15-16-27(23,5)24(25)14-18-28(22,29)6/h12,14,19-23H,8-11,13,15-18H2,1-7H3/t20-,21+,22-,23+,27+,28-,29+/m1/s1. The minimum atomic E-state index is -0.00622. The molecule has 0 aromatic rings. The molecule has 4 rings (SSSR count). The summed E-state index contributed by atoms with van der Waals surface area (Å²) in [4.78, 5) is 12.2. The van der Waals surface area contributed by atoms with Crippen molar-refractivity contribution in [3.63, 3.8) is 0 Å². The van der Waals surface area contributed by atoms with Gasteiger partial charge in [0.05, 0.1) is 0 Å². The molecule has 1 saturated carbocycles. The van der Waals surface area contributed by atoms with E-state index in [0.29, 0.717) is 17.8 Å². The number of fused-ring (bicyclic) bond motifs is 5. The summed E-state index contributed by atoms with van der Waals surface area (Å²) in [7, 11) is 0. The highest BCUT2D eigenvalue weighted by Crippen LogP contribution is 2.70. The Morgan fingerprint density at radius 1 is 1.06 bits per heavy atom. The van der Waals surface area contributed by atoms with Gasteiger partial charge >= 0.3 is 5.97 Å². The van der Waals surface area contributed by atoms with Crippen LogP contribution in [0.1, 0.15) is 106 Å². The summed E-state index contributed by atoms with van der Waals surface area (Å²) in [6.07, 6.45) is 15.7. The zero-order valence-electron chi connectivity index (χ0n) is 21.2. The van der Waals surface area contributed by atoms with Crippen LogP contribution in [0.4, 0.5) is 0 Å². The van der Waals surface area contributed by atoms with Gasteiger partial charge in [-0.3, -0.25) is 4.79 Å². The maximum atomic E-state index is 12.2. The Kier molecular flexibility index (Phi) is 6.02. The van der Waals surface area contributed by atoms with Gasteiger partial charge in [-0.05, 0) is 84.2 Å². The van der Waals surface area contributed by atoms with Gasteiger partial charge in [-0.15, -0.1) is 0 Å². The van der Waals surface area contributed by atoms with E-state index < -0.39 is 0 Å². The molecule has 0 bridgehead atoms. The molecule has 2 fully saturated rings. The van der Waals surface area contributed by atoms with Crippen LogP contribution >= 0.6 is 0 Å². The summed E-state index contributed by atoms with van der Waals surface area (Å²) < 4.78 is 5.76. The second-order valence-electron chi connectivity index (χ2n) is 12.6. The molecule has 0 radical (unpaired) electrons. The Balaban J connectivity index is 1.63. The van der Waals surface area contributed by atoms with E-state index in [0.717, 1.165) is 30.6 Å². The molecule has 3 aliphatic carbocycles. The predicted molar refractivity (Wildman–Crippen MR) is 129 cm³/mol. The number of hydrogen-bond acceptors (Lipinski definition) is 2. The van der Waals surface area contributed by atoms with Crippen molar-refractivity contribution in [2.45, 2.75) is 112 Å². The van der Waals surface area contributed by atoms with Crippen molar-refractivity contribution in [1.29, 1.82) is 0 Å². The Bertz CT molecular complexity index is 776. The number of ether oxygens (including phenoxy) is 1. The van der Waals surface area contributed by atoms with E-state index in [9.17, 15) is 4.79 Å². The van der Waals surface area contributed by atoms with Crippen LogP contribution in [-0.4, -0.2) is 12.1 Å². The van der Waals surface area contributed by atoms with Crippen LogP contribution in [-0.2, 0) is 9.53 Å². The van der Waals surface area contributed by atoms with Crippen LogP contribution in [0.2, 0.25) is 0 Å². The maximum Gasteiger partial charge on any atom is 0.306 e. The molecule has 0 spiro atoms. The quantitative estimate of drug-likeness (QED) is 0.418. The minimum absolute atomic E-state index is 0.00622. The summed E-state index contributed by atoms with van der Waals surface area (Å²) in [5, 5.41) is 0. The van der Waals surface area contributed by atoms with Gasteiger partial charge in [0.1, 0.15) is 6.10 Å². The van der Waals surface area contributed by atoms with Crippen LogP contribution in [0.3, 0.4) is 0 Å². The lowest BCUT2D eigenvalue weighted by Crippen LogP contribution is -2.48. The molecule has 2 heteroatoms. The van der Waals surface area contributed by atoms with Crippen molar-refractivity contribution >= 4 is 5.97 Å². The summed E-state index contributed by atoms with van der Waals surface area (Å²) in [6, 6.07) is 0. The number of rotatable bonds is 5. The second-order valence-corrected chi connectivity index (χ2v) is 12.6. The number of carbonyl (C=O) groups excluding carboxylic acids is 1. The van der Waals surface area contributed by atoms with Crippen LogP contribution < -0.4 is 0 Å². The van der Waals surface area contributed by atoms with Gasteiger partial charge in [-0.25, -0.2) is 0 Å². The zero-order chi connectivity index (χ0) is 22.6. The molecular formula is C29H46O2. The summed E-state index contributed by atoms with van der Waals surface area (Å²) >= 11 is 0. The lowest BCUT2D eigenvalue weighted by molar-refractivity contribution is -0.149. The fourth-order valence-corrected chi connectivity index (χ4v) is 8.28. The van der Waals surface area contributed by atoms with Crippen LogP contribution in [0.15, 0.2) is 23.3 Å². The summed E-state index contributed by atoms with van der Waals surface area (Å²) in [6.45, 7) is 17.0. The lowest BCUT2D eigenvalue weighted by atomic mass is 9.48. The van der Waals surface area contributed by atoms with Crippen molar-refractivity contribution in [2.24, 2.45) is 39.9 Å². The number of esters is 1. The van der Waals surface area contributed by atoms with E-state index in [1.54, 1.807) is 11.1 Å². The molecule has 0 N–H and O–H groups in total. The average Bonchev–Trinajstić information content (AvgIpc) is 2.91. The van der Waals surface area contributed by atoms with Crippen molar-refractivity contribution in [1.82, 2.24) is 0 Å². The molecule has 1 saturated heterocycles. The molecule has 2 nitrogen and oxygen atoms in total. The first kappa shape index (κ1) is 23.1. The van der Waals surface area contributed by atoms with Gasteiger partial charge in [-0.1, -0.05) is 73.0 Å². The molecule has 0 aromatic heterocycles. The number of cyclic esters (lactones) is 1. The third-order valence-electron chi connectivity index (χ3n) is 10.5. The zero-order valence-corrected chi connectivity index (χ0v) is 21.2. The van der Waals surface area contributed by atoms with Crippen LogP contribution in [0.25, 0.3) is 0 Å². The molecule has 0 aromatic carbocycles. The highest BCUT2D eigenvalue weighted by molar-refractivity contribution is 5.70. The van der Waals surface area contributed by atoms with E-state index in [1.165, 1.54) is 38.5 Å². The monoisotopic (exact) mass is 426 g/mol. The fourth-order valence-electron chi connectivity index (χ4n) is 8.28. The van der Waals surface area contributed by atoms with Crippen molar-refractivity contribution in [2.75, 3.05) is 0 Å². The lowest BCUT2D eigenvalue weighted by Gasteiger charge is -2.56. The minimum Gasteiger partial charge on any atom is -0.462 e. The van der Waals surface area contributed by atoms with E-state index >= 15 is 0 Å². The third kappa shape index (κ3) is 3.55. The average molecular weight is 427 g/mol. The van der Waals surface area contributed by atoms with Gasteiger partial charge in [0.2, 0.25) is 0 Å². The van der Waals surface area contributed by atoms with E-state index in [4.69, 9.17) is 4.74 Å². The number of allylic oxidation sites excluding steroid dienone is 4. The topological polar surface area (TPSA) is 26.3 Å². The highest BCUT2D eigenvalue weighted by Gasteiger charge is 2.61. The van der Waals surface area contributed by atoms with Gasteiger partial charge < -0.3 is 4.74 Å². The largest absolute Gasteiger partial charge is 0.462 e. The third-order valence-corrected chi connectivity index (χ3v) is 10.5. The molecular weight excluding hydrogens is 380 g/mol. The summed E-state index contributed by atoms with van der Waals surface area (Å²) in [5.41, 5.74) is 3.90. The molecule has 1 aliphatic heterocycles. The molecule has 174 valence electrons. The molecule has 1 heterocycles. The summed E-state index contributed by atoms with van der Waals surface area (Å²) in [5.74, 6) is 2.84. The normalized spacial score (nSPS) is 43.2. The second kappa shape index (κ2) is 8.07. The first-order valence-corrected chi connectivity index (χ1v) is 13.1. The van der Waals surface area contributed by atoms with Crippen LogP contribution in [0, 0.1) is 39.9 Å². The Morgan fingerprint density at radius 3 is 2.52 bits per heavy atom. The number of hydrogen-bond donors (Lipinski definition) is 0. The molecule has 0 amide bonds. The van der Waals surface area contributed by atoms with Gasteiger partial charge in [0, 0.05) is 12.3 Å². The Hall–Kier alpha value is -1.05. The van der Waals surface area contributed by atoms with Crippen molar-refractivity contribution < 1.29 is 9.53 Å². The highest BCUT2D eigenvalue weighted by atomic mass is 16.5. The molecule has 4 aliphatic rings. The van der Waals surface area contributed by atoms with Crippen molar-refractivity contribution in [3.8, 4) is 0 Å². The van der Waals surface area contributed by atoms with Crippen LogP contribution in [0.5, 0.6) is 0 Å². The Labute approximate surface area is 191 Å². The van der Waals surface area contributed by atoms with Gasteiger partial charge in [-0.2, -0.15) is 0 Å². The first-order valence-electron chi connectivity index (χ1n) is 13.1. The molecule has 0 unspecified atom stereocenters. The van der Waals surface area contributed by atoms with E-state index in [1.807, 2.05) is 0 Å². The fraction of sp³-hybridized carbons (Fsp3) is 0.828. The molecule has 7 atom stereocenters. The van der Waals surface area contributed by atoms with E-state index in [2.05, 4.69) is 60.6 Å². The first-order chi connectivity index (χ1) is 14.5. The van der Waals surface area contributed by atoms with Crippen molar-refractivity contribution in [3.05, 3.63) is 23.3 Å². The maximum absolute atomic E-state index is 12.2. The number of carbonyl (C=O) groups is 1. The smallest absolute Gasteiger partial charge is 0.306 e.